The Labute approximate surface area is 100 Å². The Kier molecular flexibility index (Phi) is 3.58. The van der Waals surface area contributed by atoms with Crippen LogP contribution in [-0.2, 0) is 11.2 Å². The van der Waals surface area contributed by atoms with Crippen LogP contribution in [0.5, 0.6) is 0 Å². The number of amides is 1. The van der Waals surface area contributed by atoms with Crippen LogP contribution < -0.4 is 5.73 Å². The lowest BCUT2D eigenvalue weighted by Crippen LogP contribution is -2.42. The lowest BCUT2D eigenvalue weighted by atomic mass is 10.1. The van der Waals surface area contributed by atoms with E-state index in [9.17, 15) is 9.90 Å². The molecule has 1 unspecified atom stereocenters. The van der Waals surface area contributed by atoms with Crippen molar-refractivity contribution in [1.82, 2.24) is 9.88 Å². The highest BCUT2D eigenvalue weighted by Crippen LogP contribution is 2.11. The second-order valence-electron chi connectivity index (χ2n) is 4.40. The molecule has 0 radical (unpaired) electrons. The fourth-order valence-corrected chi connectivity index (χ4v) is 1.99. The first-order valence-corrected chi connectivity index (χ1v) is 5.81. The summed E-state index contributed by atoms with van der Waals surface area (Å²) < 4.78 is 0. The van der Waals surface area contributed by atoms with Crippen LogP contribution in [0.1, 0.15) is 18.5 Å². The fourth-order valence-electron chi connectivity index (χ4n) is 1.99. The molecule has 1 aromatic heterocycles. The first-order valence-electron chi connectivity index (χ1n) is 5.81. The quantitative estimate of drug-likeness (QED) is 0.767. The highest BCUT2D eigenvalue weighted by molar-refractivity contribution is 5.78. The minimum absolute atomic E-state index is 0.0148. The molecule has 5 heteroatoms. The molecule has 1 aliphatic rings. The number of nitrogens with zero attached hydrogens (tertiary/aromatic N) is 2. The summed E-state index contributed by atoms with van der Waals surface area (Å²) in [6, 6.07) is 3.49. The van der Waals surface area contributed by atoms with Gasteiger partial charge in [0, 0.05) is 18.8 Å². The van der Waals surface area contributed by atoms with Gasteiger partial charge in [-0.15, -0.1) is 0 Å². The molecule has 0 aromatic carbocycles. The zero-order valence-corrected chi connectivity index (χ0v) is 9.67. The average molecular weight is 235 g/mol. The second kappa shape index (κ2) is 5.14. The van der Waals surface area contributed by atoms with E-state index in [1.807, 2.05) is 0 Å². The molecule has 0 aliphatic carbocycles. The van der Waals surface area contributed by atoms with Crippen LogP contribution in [0.25, 0.3) is 0 Å². The number of pyridine rings is 1. The Morgan fingerprint density at radius 1 is 1.59 bits per heavy atom. The fraction of sp³-hybridized carbons (Fsp3) is 0.500. The van der Waals surface area contributed by atoms with Gasteiger partial charge in [0.15, 0.2) is 0 Å². The number of aromatic nitrogens is 1. The van der Waals surface area contributed by atoms with Gasteiger partial charge >= 0.3 is 0 Å². The molecule has 2 rings (SSSR count). The molecule has 92 valence electrons. The highest BCUT2D eigenvalue weighted by Gasteiger charge is 2.22. The minimum atomic E-state index is -0.382. The van der Waals surface area contributed by atoms with E-state index < -0.39 is 0 Å². The maximum absolute atomic E-state index is 11.9. The van der Waals surface area contributed by atoms with Crippen molar-refractivity contribution < 1.29 is 9.90 Å². The van der Waals surface area contributed by atoms with E-state index in [1.54, 1.807) is 23.2 Å². The maximum Gasteiger partial charge on any atom is 0.228 e. The van der Waals surface area contributed by atoms with Gasteiger partial charge in [0.1, 0.15) is 0 Å². The number of nitrogen functional groups attached to an aromatic ring is 1. The first kappa shape index (κ1) is 11.9. The molecule has 5 nitrogen and oxygen atoms in total. The molecule has 17 heavy (non-hydrogen) atoms. The average Bonchev–Trinajstić information content (AvgIpc) is 2.32. The van der Waals surface area contributed by atoms with Gasteiger partial charge in [0.05, 0.1) is 24.4 Å². The smallest absolute Gasteiger partial charge is 0.228 e. The summed E-state index contributed by atoms with van der Waals surface area (Å²) in [6.07, 6.45) is 3.08. The lowest BCUT2D eigenvalue weighted by Gasteiger charge is -2.30. The molecule has 0 saturated carbocycles. The third-order valence-electron chi connectivity index (χ3n) is 2.93. The number of aliphatic hydroxyl groups is 1. The molecule has 2 heterocycles. The van der Waals surface area contributed by atoms with Crippen LogP contribution in [0, 0.1) is 0 Å². The molecule has 3 N–H and O–H groups in total. The molecule has 1 aromatic rings. The van der Waals surface area contributed by atoms with E-state index in [0.717, 1.165) is 19.4 Å². The summed E-state index contributed by atoms with van der Waals surface area (Å²) in [7, 11) is 0. The number of hydrogen-bond donors (Lipinski definition) is 2. The number of rotatable bonds is 2. The normalized spacial score (nSPS) is 20.3. The van der Waals surface area contributed by atoms with Gasteiger partial charge < -0.3 is 15.7 Å². The number of β-amino-alcohol motifs (C(OH)–C–C–N with tert-alkyl or cyclic N) is 1. The zero-order valence-electron chi connectivity index (χ0n) is 9.67. The van der Waals surface area contributed by atoms with E-state index >= 15 is 0 Å². The van der Waals surface area contributed by atoms with E-state index in [1.165, 1.54) is 0 Å². The summed E-state index contributed by atoms with van der Waals surface area (Å²) in [5, 5.41) is 9.50. The molecule has 0 spiro atoms. The monoisotopic (exact) mass is 235 g/mol. The highest BCUT2D eigenvalue weighted by atomic mass is 16.3. The molecule has 1 amide bonds. The van der Waals surface area contributed by atoms with Crippen molar-refractivity contribution in [2.75, 3.05) is 18.8 Å². The summed E-state index contributed by atoms with van der Waals surface area (Å²) in [6.45, 7) is 1.17. The van der Waals surface area contributed by atoms with Crippen LogP contribution in [0.15, 0.2) is 18.3 Å². The number of piperidine rings is 1. The Balaban J connectivity index is 1.94. The lowest BCUT2D eigenvalue weighted by molar-refractivity contribution is -0.133. The first-order chi connectivity index (χ1) is 8.15. The van der Waals surface area contributed by atoms with E-state index in [0.29, 0.717) is 17.9 Å². The van der Waals surface area contributed by atoms with Crippen LogP contribution >= 0.6 is 0 Å². The van der Waals surface area contributed by atoms with Gasteiger partial charge in [-0.1, -0.05) is 0 Å². The van der Waals surface area contributed by atoms with Crippen LogP contribution in [0.4, 0.5) is 5.69 Å². The van der Waals surface area contributed by atoms with Crippen molar-refractivity contribution in [2.45, 2.75) is 25.4 Å². The Morgan fingerprint density at radius 2 is 2.41 bits per heavy atom. The summed E-state index contributed by atoms with van der Waals surface area (Å²) in [4.78, 5) is 17.7. The number of nitrogens with two attached hydrogens (primary N) is 1. The van der Waals surface area contributed by atoms with Crippen molar-refractivity contribution in [2.24, 2.45) is 0 Å². The molecular formula is C12H17N3O2. The zero-order chi connectivity index (χ0) is 12.3. The number of carbonyl (C=O) groups is 1. The molecule has 1 fully saturated rings. The number of hydrogen-bond acceptors (Lipinski definition) is 4. The van der Waals surface area contributed by atoms with Crippen molar-refractivity contribution in [1.29, 1.82) is 0 Å². The van der Waals surface area contributed by atoms with E-state index in [4.69, 9.17) is 5.73 Å². The number of aliphatic hydroxyl groups excluding tert-OH is 1. The van der Waals surface area contributed by atoms with Crippen molar-refractivity contribution in [3.63, 3.8) is 0 Å². The van der Waals surface area contributed by atoms with Crippen molar-refractivity contribution in [3.05, 3.63) is 24.0 Å². The second-order valence-corrected chi connectivity index (χ2v) is 4.40. The van der Waals surface area contributed by atoms with Gasteiger partial charge in [-0.3, -0.25) is 9.78 Å². The SMILES string of the molecule is Nc1ccc(CC(=O)N2CCCC(O)C2)nc1. The van der Waals surface area contributed by atoms with Gasteiger partial charge in [0.2, 0.25) is 5.91 Å². The van der Waals surface area contributed by atoms with Gasteiger partial charge in [-0.2, -0.15) is 0 Å². The maximum atomic E-state index is 11.9. The molecule has 1 saturated heterocycles. The van der Waals surface area contributed by atoms with Crippen molar-refractivity contribution in [3.8, 4) is 0 Å². The number of likely N-dealkylation sites (tertiary alicyclic amines) is 1. The Hall–Kier alpha value is -1.62. The standard InChI is InChI=1S/C12H17N3O2/c13-9-3-4-10(14-7-9)6-12(17)15-5-1-2-11(16)8-15/h3-4,7,11,16H,1-2,5-6,8,13H2. The topological polar surface area (TPSA) is 79.5 Å². The summed E-state index contributed by atoms with van der Waals surface area (Å²) in [5.74, 6) is 0.0148. The third kappa shape index (κ3) is 3.17. The number of carbonyl (C=O) groups excluding carboxylic acids is 1. The molecular weight excluding hydrogens is 218 g/mol. The minimum Gasteiger partial charge on any atom is -0.397 e. The molecule has 0 bridgehead atoms. The predicted molar refractivity (Wildman–Crippen MR) is 64.2 cm³/mol. The third-order valence-corrected chi connectivity index (χ3v) is 2.93. The van der Waals surface area contributed by atoms with Crippen LogP contribution in [0.2, 0.25) is 0 Å². The van der Waals surface area contributed by atoms with Gasteiger partial charge in [-0.05, 0) is 25.0 Å². The molecule has 1 aliphatic heterocycles. The summed E-state index contributed by atoms with van der Waals surface area (Å²) in [5.41, 5.74) is 6.83. The summed E-state index contributed by atoms with van der Waals surface area (Å²) >= 11 is 0. The number of anilines is 1. The Bertz CT molecular complexity index is 391. The van der Waals surface area contributed by atoms with Crippen molar-refractivity contribution >= 4 is 11.6 Å². The molecule has 1 atom stereocenters. The van der Waals surface area contributed by atoms with Crippen LogP contribution in [0.3, 0.4) is 0 Å². The van der Waals surface area contributed by atoms with E-state index in [-0.39, 0.29) is 18.4 Å². The van der Waals surface area contributed by atoms with Gasteiger partial charge in [-0.25, -0.2) is 0 Å². The van der Waals surface area contributed by atoms with Crippen LogP contribution in [-0.4, -0.2) is 40.1 Å². The van der Waals surface area contributed by atoms with Gasteiger partial charge in [0.25, 0.3) is 0 Å². The predicted octanol–water partition coefficient (Wildman–Crippen LogP) is 0.190. The van der Waals surface area contributed by atoms with E-state index in [2.05, 4.69) is 4.98 Å². The largest absolute Gasteiger partial charge is 0.397 e. The Morgan fingerprint density at radius 3 is 3.06 bits per heavy atom.